The number of aryl methyl sites for hydroxylation is 1. The van der Waals surface area contributed by atoms with Gasteiger partial charge in [-0.1, -0.05) is 40.2 Å². The van der Waals surface area contributed by atoms with E-state index in [1.807, 2.05) is 13.0 Å². The van der Waals surface area contributed by atoms with E-state index in [-0.39, 0.29) is 29.6 Å². The van der Waals surface area contributed by atoms with Crippen molar-refractivity contribution in [2.45, 2.75) is 19.8 Å². The van der Waals surface area contributed by atoms with Crippen LogP contribution in [-0.4, -0.2) is 24.2 Å². The maximum atomic E-state index is 13.2. The molecule has 4 N–H and O–H groups in total. The third-order valence-electron chi connectivity index (χ3n) is 5.16. The quantitative estimate of drug-likeness (QED) is 0.189. The highest BCUT2D eigenvalue weighted by molar-refractivity contribution is 9.10. The predicted molar refractivity (Wildman–Crippen MR) is 146 cm³/mol. The minimum absolute atomic E-state index is 0.0231. The molecule has 3 rings (SSSR count). The van der Waals surface area contributed by atoms with Crippen LogP contribution in [0.3, 0.4) is 0 Å². The molecule has 3 aromatic carbocycles. The van der Waals surface area contributed by atoms with Crippen LogP contribution in [0.1, 0.15) is 34.3 Å². The zero-order chi connectivity index (χ0) is 26.2. The van der Waals surface area contributed by atoms with Gasteiger partial charge in [0.05, 0.1) is 16.4 Å². The van der Waals surface area contributed by atoms with E-state index in [4.69, 9.17) is 22.1 Å². The van der Waals surface area contributed by atoms with E-state index in [1.54, 1.807) is 54.6 Å². The number of rotatable bonds is 11. The first-order chi connectivity index (χ1) is 17.2. The van der Waals surface area contributed by atoms with Gasteiger partial charge in [-0.25, -0.2) is 0 Å². The topological polar surface area (TPSA) is 111 Å². The van der Waals surface area contributed by atoms with Crippen LogP contribution in [0.25, 0.3) is 0 Å². The summed E-state index contributed by atoms with van der Waals surface area (Å²) in [5.41, 5.74) is 8.51. The largest absolute Gasteiger partial charge is 0.490 e. The molecule has 36 heavy (non-hydrogen) atoms. The van der Waals surface area contributed by atoms with Gasteiger partial charge in [-0.05, 0) is 67.1 Å². The van der Waals surface area contributed by atoms with Crippen molar-refractivity contribution in [2.24, 2.45) is 5.73 Å². The number of benzene rings is 3. The molecule has 0 bridgehead atoms. The Hall–Kier alpha value is -3.62. The van der Waals surface area contributed by atoms with Crippen molar-refractivity contribution in [3.8, 4) is 5.75 Å². The van der Waals surface area contributed by atoms with Gasteiger partial charge in [0.15, 0.2) is 5.78 Å². The fraction of sp³-hybridized carbons (Fsp3) is 0.148. The van der Waals surface area contributed by atoms with Crippen molar-refractivity contribution < 1.29 is 19.1 Å². The number of primary amides is 1. The van der Waals surface area contributed by atoms with Crippen LogP contribution < -0.4 is 21.1 Å². The fourth-order valence-corrected chi connectivity index (χ4v) is 4.02. The van der Waals surface area contributed by atoms with E-state index in [1.165, 1.54) is 0 Å². The van der Waals surface area contributed by atoms with Gasteiger partial charge in [-0.2, -0.15) is 0 Å². The summed E-state index contributed by atoms with van der Waals surface area (Å²) in [6, 6.07) is 15.6. The van der Waals surface area contributed by atoms with Crippen molar-refractivity contribution >= 4 is 62.2 Å². The Morgan fingerprint density at radius 3 is 2.44 bits per heavy atom. The second kappa shape index (κ2) is 12.4. The molecule has 186 valence electrons. The highest BCUT2D eigenvalue weighted by atomic mass is 79.9. The van der Waals surface area contributed by atoms with Gasteiger partial charge in [0.1, 0.15) is 12.4 Å². The Morgan fingerprint density at radius 1 is 1.03 bits per heavy atom. The van der Waals surface area contributed by atoms with Crippen LogP contribution in [0.4, 0.5) is 17.1 Å². The molecule has 0 fully saturated rings. The number of hydrogen-bond acceptors (Lipinski definition) is 5. The smallest absolute Gasteiger partial charge is 0.224 e. The van der Waals surface area contributed by atoms with E-state index in [2.05, 4.69) is 33.1 Å². The molecule has 7 nitrogen and oxygen atoms in total. The summed E-state index contributed by atoms with van der Waals surface area (Å²) in [6.45, 7) is 5.84. The number of halogens is 2. The lowest BCUT2D eigenvalue weighted by Crippen LogP contribution is -2.17. The molecule has 0 saturated heterocycles. The molecular weight excluding hydrogens is 546 g/mol. The van der Waals surface area contributed by atoms with Crippen molar-refractivity contribution in [3.63, 3.8) is 0 Å². The average Bonchev–Trinajstić information content (AvgIpc) is 2.83. The molecule has 3 aromatic rings. The molecule has 0 aliphatic rings. The Balaban J connectivity index is 1.79. The number of ether oxygens (including phenoxy) is 1. The summed E-state index contributed by atoms with van der Waals surface area (Å²) >= 11 is 9.89. The van der Waals surface area contributed by atoms with Gasteiger partial charge < -0.3 is 21.1 Å². The van der Waals surface area contributed by atoms with E-state index in [9.17, 15) is 14.4 Å². The molecule has 2 amide bonds. The van der Waals surface area contributed by atoms with Crippen molar-refractivity contribution in [1.82, 2.24) is 0 Å². The third-order valence-corrected chi connectivity index (χ3v) is 5.96. The molecule has 0 atom stereocenters. The second-order valence-electron chi connectivity index (χ2n) is 7.93. The van der Waals surface area contributed by atoms with Gasteiger partial charge in [0.25, 0.3) is 0 Å². The first-order valence-electron chi connectivity index (χ1n) is 11.0. The summed E-state index contributed by atoms with van der Waals surface area (Å²) in [5, 5.41) is 6.26. The van der Waals surface area contributed by atoms with Gasteiger partial charge in [0.2, 0.25) is 11.8 Å². The molecule has 0 radical (unpaired) electrons. The molecule has 0 aromatic heterocycles. The van der Waals surface area contributed by atoms with E-state index < -0.39 is 5.91 Å². The van der Waals surface area contributed by atoms with Crippen molar-refractivity contribution in [1.29, 1.82) is 0 Å². The third kappa shape index (κ3) is 7.19. The maximum absolute atomic E-state index is 13.2. The van der Waals surface area contributed by atoms with Gasteiger partial charge >= 0.3 is 0 Å². The molecule has 0 heterocycles. The van der Waals surface area contributed by atoms with Gasteiger partial charge in [0, 0.05) is 34.1 Å². The Morgan fingerprint density at radius 2 is 1.78 bits per heavy atom. The maximum Gasteiger partial charge on any atom is 0.224 e. The van der Waals surface area contributed by atoms with Gasteiger partial charge in [-0.15, -0.1) is 0 Å². The number of nitrogens with one attached hydrogen (secondary N) is 2. The first kappa shape index (κ1) is 27.0. The average molecular weight is 571 g/mol. The molecule has 0 saturated carbocycles. The summed E-state index contributed by atoms with van der Waals surface area (Å²) in [4.78, 5) is 36.3. The summed E-state index contributed by atoms with van der Waals surface area (Å²) in [5.74, 6) is -0.439. The lowest BCUT2D eigenvalue weighted by molar-refractivity contribution is -0.122. The molecule has 0 aliphatic carbocycles. The highest BCUT2D eigenvalue weighted by Crippen LogP contribution is 2.32. The zero-order valence-electron chi connectivity index (χ0n) is 19.6. The van der Waals surface area contributed by atoms with Crippen LogP contribution in [-0.2, 0) is 9.59 Å². The molecule has 0 unspecified atom stereocenters. The van der Waals surface area contributed by atoms with Crippen LogP contribution >= 0.6 is 27.5 Å². The number of carbonyl (C=O) groups is 3. The fourth-order valence-electron chi connectivity index (χ4n) is 3.39. The Bertz CT molecular complexity index is 1330. The second-order valence-corrected chi connectivity index (χ2v) is 9.25. The highest BCUT2D eigenvalue weighted by Gasteiger charge is 2.17. The summed E-state index contributed by atoms with van der Waals surface area (Å²) in [6.07, 6.45) is 1.58. The standard InChI is InChI=1S/C27H25BrClN3O4/c1-3-12-36-19-6-8-20(16(2)13-19)27(35)21-7-5-18(15-22(21)29)31-23-9-4-17(28)14-24(23)32-26(34)11-10-25(30)33/h3-9,13-15,31H,1,10-12H2,2H3,(H2,30,33)(H,32,34). The molecule has 0 aliphatic heterocycles. The monoisotopic (exact) mass is 569 g/mol. The van der Waals surface area contributed by atoms with Crippen LogP contribution in [0.5, 0.6) is 5.75 Å². The van der Waals surface area contributed by atoms with Gasteiger partial charge in [-0.3, -0.25) is 14.4 Å². The Labute approximate surface area is 222 Å². The zero-order valence-corrected chi connectivity index (χ0v) is 21.9. The summed E-state index contributed by atoms with van der Waals surface area (Å²) in [7, 11) is 0. The predicted octanol–water partition coefficient (Wildman–Crippen LogP) is 6.15. The number of hydrogen-bond donors (Lipinski definition) is 3. The number of carbonyl (C=O) groups excluding carboxylic acids is 3. The van der Waals surface area contributed by atoms with Crippen LogP contribution in [0.15, 0.2) is 71.7 Å². The SMILES string of the molecule is C=CCOc1ccc(C(=O)c2ccc(Nc3ccc(Br)cc3NC(=O)CCC(N)=O)cc2Cl)c(C)c1. The molecule has 0 spiro atoms. The molecular formula is C27H25BrClN3O4. The minimum atomic E-state index is -0.547. The lowest BCUT2D eigenvalue weighted by atomic mass is 9.98. The number of anilines is 3. The van der Waals surface area contributed by atoms with Crippen LogP contribution in [0, 0.1) is 6.92 Å². The minimum Gasteiger partial charge on any atom is -0.490 e. The van der Waals surface area contributed by atoms with Crippen LogP contribution in [0.2, 0.25) is 5.02 Å². The number of amides is 2. The van der Waals surface area contributed by atoms with E-state index in [0.29, 0.717) is 40.5 Å². The normalized spacial score (nSPS) is 10.4. The lowest BCUT2D eigenvalue weighted by Gasteiger charge is -2.15. The number of nitrogens with two attached hydrogens (primary N) is 1. The van der Waals surface area contributed by atoms with Crippen molar-refractivity contribution in [3.05, 3.63) is 93.4 Å². The van der Waals surface area contributed by atoms with E-state index in [0.717, 1.165) is 10.0 Å². The van der Waals surface area contributed by atoms with Crippen molar-refractivity contribution in [2.75, 3.05) is 17.2 Å². The molecule has 9 heteroatoms. The first-order valence-corrected chi connectivity index (χ1v) is 12.2. The summed E-state index contributed by atoms with van der Waals surface area (Å²) < 4.78 is 6.28. The number of ketones is 1. The van der Waals surface area contributed by atoms with E-state index >= 15 is 0 Å². The Kier molecular flexibility index (Phi) is 9.27.